The highest BCUT2D eigenvalue weighted by molar-refractivity contribution is 7.67. The molecule has 0 bridgehead atoms. The fraction of sp³-hybridized carbons (Fsp3) is 0.338. The highest BCUT2D eigenvalue weighted by Crippen LogP contribution is 2.69. The quantitative estimate of drug-likeness (QED) is 0.0959. The van der Waals surface area contributed by atoms with Crippen LogP contribution in [0.3, 0.4) is 0 Å². The van der Waals surface area contributed by atoms with E-state index in [0.717, 1.165) is 11.1 Å². The first-order valence-electron chi connectivity index (χ1n) is 25.4. The predicted molar refractivity (Wildman–Crippen MR) is 299 cm³/mol. The van der Waals surface area contributed by atoms with Crippen molar-refractivity contribution < 1.29 is 23.7 Å². The van der Waals surface area contributed by atoms with E-state index < -0.39 is 7.92 Å². The van der Waals surface area contributed by atoms with Crippen LogP contribution in [0.15, 0.2) is 127 Å². The maximum absolute atomic E-state index is 14.8. The summed E-state index contributed by atoms with van der Waals surface area (Å²) >= 11 is 0. The Balaban J connectivity index is 1.59. The molecule has 2 atom stereocenters. The summed E-state index contributed by atoms with van der Waals surface area (Å²) in [7, 11) is 5.50. The highest BCUT2D eigenvalue weighted by atomic mass is 31.1. The highest BCUT2D eigenvalue weighted by Gasteiger charge is 2.43. The van der Waals surface area contributed by atoms with E-state index in [1.54, 1.807) is 28.4 Å². The number of rotatable bonds is 15. The van der Waals surface area contributed by atoms with Crippen LogP contribution in [0, 0.1) is 13.8 Å². The molecule has 0 aromatic heterocycles. The monoisotopic (exact) mass is 965 g/mol. The number of aryl methyl sites for hydroxylation is 2. The van der Waals surface area contributed by atoms with Crippen LogP contribution in [0.1, 0.15) is 148 Å². The minimum atomic E-state index is -1.31. The molecule has 7 aromatic carbocycles. The van der Waals surface area contributed by atoms with Crippen molar-refractivity contribution in [3.05, 3.63) is 172 Å². The largest absolute Gasteiger partial charge is 0.497 e. The maximum Gasteiger partial charge on any atom is 0.134 e. The second-order valence-corrected chi connectivity index (χ2v) is 23.2. The zero-order valence-electron chi connectivity index (χ0n) is 44.5. The summed E-state index contributed by atoms with van der Waals surface area (Å²) in [6.45, 7) is 23.2. The number of ketones is 1. The molecule has 0 radical (unpaired) electrons. The van der Waals surface area contributed by atoms with Crippen molar-refractivity contribution in [3.63, 3.8) is 0 Å². The standard InChI is InChI=1S/C65H73O5P/c1-38(2)57-30-44(53-22-17-15-20-42(53)9)31-58(39(3)4)63(57)55-24-19-25-56(64-59(40(5)6)32-45(33-60(64)41(7)8)54-23-18-16-21-43(54)10)65(55)71-61(46-26-49(67-11)36-50(27-46)68-12)34-48(66)35-62(71)47-28-51(69-13)37-52(29-47)70-14/h15-33,36-41,61-62H,34-35H2,1-14H3. The van der Waals surface area contributed by atoms with Crippen LogP contribution >= 0.6 is 7.92 Å². The van der Waals surface area contributed by atoms with Crippen molar-refractivity contribution in [1.82, 2.24) is 0 Å². The predicted octanol–water partition coefficient (Wildman–Crippen LogP) is 17.5. The summed E-state index contributed by atoms with van der Waals surface area (Å²) in [5.41, 5.74) is 19.5. The molecule has 1 heterocycles. The van der Waals surface area contributed by atoms with Crippen LogP contribution in [-0.4, -0.2) is 34.2 Å². The topological polar surface area (TPSA) is 54.0 Å². The van der Waals surface area contributed by atoms with Crippen molar-refractivity contribution in [2.75, 3.05) is 28.4 Å². The zero-order chi connectivity index (χ0) is 50.8. The summed E-state index contributed by atoms with van der Waals surface area (Å²) in [6.07, 6.45) is 0.766. The van der Waals surface area contributed by atoms with Crippen molar-refractivity contribution in [1.29, 1.82) is 0 Å². The van der Waals surface area contributed by atoms with Crippen LogP contribution in [0.5, 0.6) is 23.0 Å². The van der Waals surface area contributed by atoms with Crippen LogP contribution in [0.25, 0.3) is 44.5 Å². The van der Waals surface area contributed by atoms with E-state index in [4.69, 9.17) is 18.9 Å². The average molecular weight is 965 g/mol. The molecule has 0 spiro atoms. The van der Waals surface area contributed by atoms with Crippen molar-refractivity contribution in [2.45, 2.75) is 117 Å². The Labute approximate surface area is 425 Å². The number of carbonyl (C=O) groups is 1. The molecule has 0 N–H and O–H groups in total. The zero-order valence-corrected chi connectivity index (χ0v) is 45.4. The lowest BCUT2D eigenvalue weighted by molar-refractivity contribution is -0.119. The lowest BCUT2D eigenvalue weighted by Crippen LogP contribution is -2.26. The normalized spacial score (nSPS) is 16.0. The average Bonchev–Trinajstić information content (AvgIpc) is 3.37. The number of ether oxygens (including phenoxy) is 4. The Morgan fingerprint density at radius 1 is 0.423 bits per heavy atom. The Kier molecular flexibility index (Phi) is 15.6. The van der Waals surface area contributed by atoms with E-state index in [1.165, 1.54) is 83.2 Å². The van der Waals surface area contributed by atoms with Crippen LogP contribution < -0.4 is 24.3 Å². The molecular weight excluding hydrogens is 892 g/mol. The number of benzene rings is 7. The Hall–Kier alpha value is -6.16. The molecule has 8 rings (SSSR count). The molecular formula is C65H73O5P. The van der Waals surface area contributed by atoms with Gasteiger partial charge in [0.1, 0.15) is 28.8 Å². The number of hydrogen-bond acceptors (Lipinski definition) is 5. The van der Waals surface area contributed by atoms with Crippen molar-refractivity contribution in [3.8, 4) is 67.5 Å². The van der Waals surface area contributed by atoms with Gasteiger partial charge < -0.3 is 18.9 Å². The van der Waals surface area contributed by atoms with E-state index in [2.05, 4.69) is 184 Å². The second-order valence-electron chi connectivity index (χ2n) is 20.7. The Bertz CT molecular complexity index is 2770. The molecule has 7 aromatic rings. The fourth-order valence-corrected chi connectivity index (χ4v) is 14.7. The molecule has 1 aliphatic rings. The molecule has 5 nitrogen and oxygen atoms in total. The van der Waals surface area contributed by atoms with Crippen molar-refractivity contribution >= 4 is 19.0 Å². The van der Waals surface area contributed by atoms with Gasteiger partial charge in [-0.2, -0.15) is 0 Å². The Morgan fingerprint density at radius 3 is 1.03 bits per heavy atom. The van der Waals surface area contributed by atoms with Crippen molar-refractivity contribution in [2.24, 2.45) is 0 Å². The second kappa shape index (κ2) is 21.7. The smallest absolute Gasteiger partial charge is 0.134 e. The van der Waals surface area contributed by atoms with E-state index in [-0.39, 0.29) is 40.8 Å². The third-order valence-electron chi connectivity index (χ3n) is 14.7. The van der Waals surface area contributed by atoms with Gasteiger partial charge in [0, 0.05) is 36.3 Å². The first-order valence-corrected chi connectivity index (χ1v) is 26.9. The molecule has 0 aliphatic carbocycles. The number of carbonyl (C=O) groups excluding carboxylic acids is 1. The number of Topliss-reactive ketones (excluding diaryl/α,β-unsaturated/α-hetero) is 1. The molecule has 1 aliphatic heterocycles. The van der Waals surface area contributed by atoms with E-state index >= 15 is 0 Å². The molecule has 0 saturated carbocycles. The summed E-state index contributed by atoms with van der Waals surface area (Å²) in [4.78, 5) is 14.8. The summed E-state index contributed by atoms with van der Waals surface area (Å²) in [5.74, 6) is 3.83. The number of methoxy groups -OCH3 is 4. The first kappa shape index (κ1) is 51.2. The van der Waals surface area contributed by atoms with Gasteiger partial charge in [0.15, 0.2) is 0 Å². The summed E-state index contributed by atoms with van der Waals surface area (Å²) < 4.78 is 24.0. The summed E-state index contributed by atoms with van der Waals surface area (Å²) in [6, 6.07) is 46.9. The van der Waals surface area contributed by atoms with Gasteiger partial charge >= 0.3 is 0 Å². The van der Waals surface area contributed by atoms with Gasteiger partial charge in [0.2, 0.25) is 0 Å². The van der Waals surface area contributed by atoms with Gasteiger partial charge in [-0.1, -0.05) is 154 Å². The third kappa shape index (κ3) is 10.3. The molecule has 6 heteroatoms. The van der Waals surface area contributed by atoms with Crippen LogP contribution in [-0.2, 0) is 4.79 Å². The SMILES string of the molecule is COc1cc(OC)cc(C2CC(=O)CC(c3cc(OC)cc(OC)c3)P2c2c(-c3c(C(C)C)cc(-c4ccccc4C)cc3C(C)C)cccc2-c2c(C(C)C)cc(-c3ccccc3C)cc2C(C)C)c1. The van der Waals surface area contributed by atoms with Gasteiger partial charge in [-0.15, -0.1) is 0 Å². The molecule has 1 saturated heterocycles. The third-order valence-corrected chi connectivity index (χ3v) is 18.0. The molecule has 368 valence electrons. The van der Waals surface area contributed by atoms with Crippen LogP contribution in [0.4, 0.5) is 0 Å². The minimum Gasteiger partial charge on any atom is -0.497 e. The van der Waals surface area contributed by atoms with Crippen LogP contribution in [0.2, 0.25) is 0 Å². The summed E-state index contributed by atoms with van der Waals surface area (Å²) in [5, 5.41) is 1.31. The molecule has 2 unspecified atom stereocenters. The molecule has 1 fully saturated rings. The fourth-order valence-electron chi connectivity index (χ4n) is 11.0. The van der Waals surface area contributed by atoms with Gasteiger partial charge in [-0.05, 0) is 156 Å². The molecule has 0 amide bonds. The lowest BCUT2D eigenvalue weighted by atomic mass is 9.79. The van der Waals surface area contributed by atoms with Gasteiger partial charge in [0.05, 0.1) is 28.4 Å². The number of hydrogen-bond donors (Lipinski definition) is 0. The van der Waals surface area contributed by atoms with E-state index in [0.29, 0.717) is 35.8 Å². The van der Waals surface area contributed by atoms with Gasteiger partial charge in [0.25, 0.3) is 0 Å². The molecule has 71 heavy (non-hydrogen) atoms. The van der Waals surface area contributed by atoms with Gasteiger partial charge in [-0.3, -0.25) is 4.79 Å². The Morgan fingerprint density at radius 2 is 0.732 bits per heavy atom. The van der Waals surface area contributed by atoms with E-state index in [9.17, 15) is 4.79 Å². The maximum atomic E-state index is 14.8. The van der Waals surface area contributed by atoms with Gasteiger partial charge in [-0.25, -0.2) is 0 Å². The first-order chi connectivity index (χ1) is 34.1. The lowest BCUT2D eigenvalue weighted by Gasteiger charge is -2.42. The van der Waals surface area contributed by atoms with E-state index in [1.807, 2.05) is 12.1 Å². The minimum absolute atomic E-state index is 0.200.